The molecule has 2 saturated heterocycles. The first-order valence-corrected chi connectivity index (χ1v) is 13.3. The number of ether oxygens (including phenoxy) is 1. The van der Waals surface area contributed by atoms with Crippen molar-refractivity contribution >= 4 is 17.3 Å². The second-order valence-corrected chi connectivity index (χ2v) is 10.0. The van der Waals surface area contributed by atoms with E-state index in [9.17, 15) is 4.79 Å². The summed E-state index contributed by atoms with van der Waals surface area (Å²) in [5.41, 5.74) is 5.19. The highest BCUT2D eigenvalue weighted by Crippen LogP contribution is 2.29. The highest BCUT2D eigenvalue weighted by atomic mass is 16.5. The Labute approximate surface area is 211 Å². The fourth-order valence-electron chi connectivity index (χ4n) is 5.06. The summed E-state index contributed by atoms with van der Waals surface area (Å²) in [5.74, 6) is 1.28. The van der Waals surface area contributed by atoms with E-state index in [1.54, 1.807) is 0 Å². The lowest BCUT2D eigenvalue weighted by atomic mass is 10.1. The Bertz CT molecular complexity index is 963. The molecule has 2 aromatic carbocycles. The number of hydrogen-bond donors (Lipinski definition) is 0. The van der Waals surface area contributed by atoms with Gasteiger partial charge in [0.25, 0.3) is 0 Å². The molecule has 35 heavy (non-hydrogen) atoms. The molecule has 6 nitrogen and oxygen atoms in total. The average Bonchev–Trinajstić information content (AvgIpc) is 2.88. The summed E-state index contributed by atoms with van der Waals surface area (Å²) in [6.45, 7) is 12.8. The normalized spacial score (nSPS) is 17.1. The Kier molecular flexibility index (Phi) is 8.91. The molecule has 0 bridgehead atoms. The van der Waals surface area contributed by atoms with Crippen LogP contribution in [0, 0.1) is 13.8 Å². The largest absolute Gasteiger partial charge is 0.491 e. The third kappa shape index (κ3) is 6.69. The SMILES string of the molecule is Cc1cccc(N2CCN(C(=O)CCCCCOc3ccccc3N3CCN(C)CC3)CC2)c1C. The predicted molar refractivity (Wildman–Crippen MR) is 145 cm³/mol. The molecule has 0 saturated carbocycles. The van der Waals surface area contributed by atoms with Crippen LogP contribution in [0.2, 0.25) is 0 Å². The summed E-state index contributed by atoms with van der Waals surface area (Å²) in [6.07, 6.45) is 3.57. The molecule has 0 aromatic heterocycles. The summed E-state index contributed by atoms with van der Waals surface area (Å²) in [6, 6.07) is 14.9. The van der Waals surface area contributed by atoms with Gasteiger partial charge in [0.15, 0.2) is 0 Å². The van der Waals surface area contributed by atoms with Gasteiger partial charge in [-0.15, -0.1) is 0 Å². The van der Waals surface area contributed by atoms with E-state index in [0.29, 0.717) is 18.9 Å². The van der Waals surface area contributed by atoms with Gasteiger partial charge in [-0.1, -0.05) is 24.3 Å². The first kappa shape index (κ1) is 25.4. The van der Waals surface area contributed by atoms with Gasteiger partial charge >= 0.3 is 0 Å². The third-order valence-electron chi connectivity index (χ3n) is 7.55. The van der Waals surface area contributed by atoms with Crippen LogP contribution < -0.4 is 14.5 Å². The second-order valence-electron chi connectivity index (χ2n) is 10.0. The number of carbonyl (C=O) groups is 1. The number of anilines is 2. The third-order valence-corrected chi connectivity index (χ3v) is 7.55. The Balaban J connectivity index is 1.13. The Morgan fingerprint density at radius 1 is 0.771 bits per heavy atom. The fraction of sp³-hybridized carbons (Fsp3) is 0.552. The lowest BCUT2D eigenvalue weighted by Gasteiger charge is -2.37. The Hall–Kier alpha value is -2.73. The molecule has 0 atom stereocenters. The number of benzene rings is 2. The maximum absolute atomic E-state index is 12.7. The van der Waals surface area contributed by atoms with Crippen LogP contribution in [0.15, 0.2) is 42.5 Å². The van der Waals surface area contributed by atoms with Crippen LogP contribution in [0.25, 0.3) is 0 Å². The van der Waals surface area contributed by atoms with Gasteiger partial charge in [-0.2, -0.15) is 0 Å². The van der Waals surface area contributed by atoms with Crippen LogP contribution in [-0.2, 0) is 4.79 Å². The molecular formula is C29H42N4O2. The van der Waals surface area contributed by atoms with E-state index >= 15 is 0 Å². The van der Waals surface area contributed by atoms with Gasteiger partial charge in [0, 0.05) is 64.5 Å². The molecule has 1 amide bonds. The summed E-state index contributed by atoms with van der Waals surface area (Å²) in [5, 5.41) is 0. The first-order valence-electron chi connectivity index (χ1n) is 13.3. The van der Waals surface area contributed by atoms with E-state index in [1.165, 1.54) is 22.5 Å². The summed E-state index contributed by atoms with van der Waals surface area (Å²) < 4.78 is 6.16. The highest BCUT2D eigenvalue weighted by Gasteiger charge is 2.22. The van der Waals surface area contributed by atoms with Crippen LogP contribution >= 0.6 is 0 Å². The van der Waals surface area contributed by atoms with Crippen molar-refractivity contribution in [3.8, 4) is 5.75 Å². The van der Waals surface area contributed by atoms with Gasteiger partial charge in [-0.3, -0.25) is 4.79 Å². The molecule has 2 aliphatic heterocycles. The van der Waals surface area contributed by atoms with Crippen molar-refractivity contribution < 1.29 is 9.53 Å². The number of rotatable bonds is 9. The van der Waals surface area contributed by atoms with Crippen LogP contribution in [0.3, 0.4) is 0 Å². The van der Waals surface area contributed by atoms with Crippen LogP contribution in [0.4, 0.5) is 11.4 Å². The van der Waals surface area contributed by atoms with Gasteiger partial charge in [0.2, 0.25) is 5.91 Å². The zero-order valence-electron chi connectivity index (χ0n) is 21.8. The summed E-state index contributed by atoms with van der Waals surface area (Å²) in [7, 11) is 2.18. The molecule has 6 heteroatoms. The fourth-order valence-corrected chi connectivity index (χ4v) is 5.06. The number of para-hydroxylation sites is 2. The van der Waals surface area contributed by atoms with Gasteiger partial charge in [0.05, 0.1) is 12.3 Å². The lowest BCUT2D eigenvalue weighted by molar-refractivity contribution is -0.131. The molecule has 4 rings (SSSR count). The molecule has 2 aromatic rings. The maximum atomic E-state index is 12.7. The topological polar surface area (TPSA) is 39.3 Å². The van der Waals surface area contributed by atoms with E-state index < -0.39 is 0 Å². The quantitative estimate of drug-likeness (QED) is 0.501. The molecule has 0 unspecified atom stereocenters. The number of amides is 1. The Morgan fingerprint density at radius 2 is 1.43 bits per heavy atom. The first-order chi connectivity index (χ1) is 17.0. The van der Waals surface area contributed by atoms with Crippen LogP contribution in [0.1, 0.15) is 36.8 Å². The minimum absolute atomic E-state index is 0.298. The van der Waals surface area contributed by atoms with Crippen molar-refractivity contribution in [3.63, 3.8) is 0 Å². The van der Waals surface area contributed by atoms with Crippen molar-refractivity contribution in [1.82, 2.24) is 9.80 Å². The second kappa shape index (κ2) is 12.3. The van der Waals surface area contributed by atoms with E-state index in [4.69, 9.17) is 4.74 Å². The molecule has 190 valence electrons. The molecule has 0 aliphatic carbocycles. The molecule has 0 N–H and O–H groups in total. The predicted octanol–water partition coefficient (Wildman–Crippen LogP) is 4.34. The molecule has 0 radical (unpaired) electrons. The van der Waals surface area contributed by atoms with Crippen molar-refractivity contribution in [2.75, 3.05) is 75.8 Å². The molecule has 2 heterocycles. The van der Waals surface area contributed by atoms with Crippen molar-refractivity contribution in [2.45, 2.75) is 39.5 Å². The van der Waals surface area contributed by atoms with Gasteiger partial charge < -0.3 is 24.3 Å². The van der Waals surface area contributed by atoms with Crippen LogP contribution in [0.5, 0.6) is 5.75 Å². The maximum Gasteiger partial charge on any atom is 0.222 e. The zero-order valence-corrected chi connectivity index (χ0v) is 21.8. The number of aryl methyl sites for hydroxylation is 1. The van der Waals surface area contributed by atoms with Crippen molar-refractivity contribution in [1.29, 1.82) is 0 Å². The van der Waals surface area contributed by atoms with E-state index in [-0.39, 0.29) is 0 Å². The number of piperazine rings is 2. The zero-order chi connectivity index (χ0) is 24.6. The minimum Gasteiger partial charge on any atom is -0.491 e. The number of likely N-dealkylation sites (N-methyl/N-ethyl adjacent to an activating group) is 1. The molecule has 0 spiro atoms. The standard InChI is InChI=1S/C29H42N4O2/c1-24-10-9-12-26(25(24)2)31-19-21-33(22-20-31)29(34)14-5-4-8-23-35-28-13-7-6-11-27(28)32-17-15-30(3)16-18-32/h6-7,9-13H,4-5,8,14-23H2,1-3H3. The average molecular weight is 479 g/mol. The van der Waals surface area contributed by atoms with E-state index in [2.05, 4.69) is 72.0 Å². The van der Waals surface area contributed by atoms with Crippen molar-refractivity contribution in [2.24, 2.45) is 0 Å². The van der Waals surface area contributed by atoms with Gasteiger partial charge in [-0.25, -0.2) is 0 Å². The summed E-state index contributed by atoms with van der Waals surface area (Å²) >= 11 is 0. The van der Waals surface area contributed by atoms with Crippen LogP contribution in [-0.4, -0.2) is 81.7 Å². The van der Waals surface area contributed by atoms with E-state index in [0.717, 1.165) is 77.4 Å². The number of carbonyl (C=O) groups excluding carboxylic acids is 1. The molecule has 2 aliphatic rings. The number of nitrogens with zero attached hydrogens (tertiary/aromatic N) is 4. The van der Waals surface area contributed by atoms with Gasteiger partial charge in [-0.05, 0) is 69.5 Å². The van der Waals surface area contributed by atoms with Crippen molar-refractivity contribution in [3.05, 3.63) is 53.6 Å². The highest BCUT2D eigenvalue weighted by molar-refractivity contribution is 5.76. The Morgan fingerprint density at radius 3 is 2.20 bits per heavy atom. The minimum atomic E-state index is 0.298. The smallest absolute Gasteiger partial charge is 0.222 e. The monoisotopic (exact) mass is 478 g/mol. The molecule has 2 fully saturated rings. The van der Waals surface area contributed by atoms with Gasteiger partial charge in [0.1, 0.15) is 5.75 Å². The van der Waals surface area contributed by atoms with E-state index in [1.807, 2.05) is 11.0 Å². The molecular weight excluding hydrogens is 436 g/mol. The lowest BCUT2D eigenvalue weighted by Crippen LogP contribution is -2.49. The number of hydrogen-bond acceptors (Lipinski definition) is 5. The summed E-state index contributed by atoms with van der Waals surface area (Å²) in [4.78, 5) is 22.0. The number of unbranched alkanes of at least 4 members (excludes halogenated alkanes) is 2.